The Morgan fingerprint density at radius 3 is 2.78 bits per heavy atom. The monoisotopic (exact) mass is 573 g/mol. The lowest BCUT2D eigenvalue weighted by Gasteiger charge is -2.23. The third-order valence-electron chi connectivity index (χ3n) is 7.67. The number of pyridine rings is 1. The molecule has 2 aliphatic rings. The number of aromatic nitrogens is 3. The van der Waals surface area contributed by atoms with Gasteiger partial charge in [0.25, 0.3) is 0 Å². The van der Waals surface area contributed by atoms with Gasteiger partial charge in [0.2, 0.25) is 11.8 Å². The van der Waals surface area contributed by atoms with E-state index in [2.05, 4.69) is 20.6 Å². The maximum absolute atomic E-state index is 13.1. The molecule has 0 amide bonds. The van der Waals surface area contributed by atoms with Crippen LogP contribution in [0.1, 0.15) is 36.8 Å². The standard InChI is InChI=1S/C31H35N5O4S/c1-21-11-12-25-22(19-41(37,38)20-24-8-5-17-39-24)6-2-9-26(25)29(21)40-30-27(10-4-15-33-30)28-13-16-34-31(36-28)35-23-7-3-14-32-18-23/h2,4,6,9-13,15-16,23-24,32H,3,5,7-8,14,17-20H2,1H3,(H,34,35,36)/t23-,24?/m0/s1. The lowest BCUT2D eigenvalue weighted by Crippen LogP contribution is -2.38. The minimum absolute atomic E-state index is 0.0446. The van der Waals surface area contributed by atoms with Gasteiger partial charge in [-0.3, -0.25) is 0 Å². The Hall–Kier alpha value is -3.60. The molecule has 4 aromatic rings. The van der Waals surface area contributed by atoms with E-state index in [1.807, 2.05) is 55.5 Å². The Bertz CT molecular complexity index is 1630. The van der Waals surface area contributed by atoms with Crippen molar-refractivity contribution in [3.8, 4) is 22.9 Å². The number of anilines is 1. The zero-order chi connectivity index (χ0) is 28.2. The van der Waals surface area contributed by atoms with Crippen LogP contribution < -0.4 is 15.4 Å². The van der Waals surface area contributed by atoms with Crippen LogP contribution in [-0.4, -0.2) is 61.0 Å². The van der Waals surface area contributed by atoms with Gasteiger partial charge >= 0.3 is 0 Å². The smallest absolute Gasteiger partial charge is 0.228 e. The largest absolute Gasteiger partial charge is 0.437 e. The van der Waals surface area contributed by atoms with Gasteiger partial charge in [0.05, 0.1) is 28.9 Å². The first-order valence-electron chi connectivity index (χ1n) is 14.2. The fourth-order valence-corrected chi connectivity index (χ4v) is 7.29. The maximum atomic E-state index is 13.1. The summed E-state index contributed by atoms with van der Waals surface area (Å²) in [7, 11) is -3.35. The van der Waals surface area contributed by atoms with Gasteiger partial charge in [0.1, 0.15) is 5.75 Å². The molecule has 2 N–H and O–H groups in total. The second kappa shape index (κ2) is 12.1. The first-order valence-corrected chi connectivity index (χ1v) is 16.0. The Labute approximate surface area is 240 Å². The zero-order valence-electron chi connectivity index (χ0n) is 23.2. The van der Waals surface area contributed by atoms with Gasteiger partial charge in [-0.2, -0.15) is 0 Å². The highest BCUT2D eigenvalue weighted by Gasteiger charge is 2.25. The summed E-state index contributed by atoms with van der Waals surface area (Å²) >= 11 is 0. The van der Waals surface area contributed by atoms with Gasteiger partial charge in [-0.1, -0.05) is 30.3 Å². The van der Waals surface area contributed by atoms with Gasteiger partial charge < -0.3 is 20.1 Å². The van der Waals surface area contributed by atoms with Crippen molar-refractivity contribution in [3.05, 3.63) is 72.1 Å². The number of hydrogen-bond acceptors (Lipinski definition) is 9. The van der Waals surface area contributed by atoms with Crippen LogP contribution in [0.3, 0.4) is 0 Å². The summed E-state index contributed by atoms with van der Waals surface area (Å²) in [6, 6.07) is 15.6. The summed E-state index contributed by atoms with van der Waals surface area (Å²) in [6.45, 7) is 4.53. The molecule has 0 radical (unpaired) electrons. The summed E-state index contributed by atoms with van der Waals surface area (Å²) in [4.78, 5) is 13.8. The summed E-state index contributed by atoms with van der Waals surface area (Å²) in [5.74, 6) is 1.63. The van der Waals surface area contributed by atoms with Crippen molar-refractivity contribution in [2.75, 3.05) is 30.8 Å². The average Bonchev–Trinajstić information content (AvgIpc) is 3.48. The molecule has 0 spiro atoms. The van der Waals surface area contributed by atoms with Crippen LogP contribution in [-0.2, 0) is 20.3 Å². The second-order valence-electron chi connectivity index (χ2n) is 10.8. The average molecular weight is 574 g/mol. The molecule has 41 heavy (non-hydrogen) atoms. The zero-order valence-corrected chi connectivity index (χ0v) is 24.0. The number of rotatable bonds is 9. The van der Waals surface area contributed by atoms with Crippen molar-refractivity contribution >= 4 is 26.6 Å². The number of aryl methyl sites for hydroxylation is 1. The van der Waals surface area contributed by atoms with E-state index < -0.39 is 9.84 Å². The Morgan fingerprint density at radius 1 is 1.02 bits per heavy atom. The maximum Gasteiger partial charge on any atom is 0.228 e. The van der Waals surface area contributed by atoms with Crippen LogP contribution >= 0.6 is 0 Å². The van der Waals surface area contributed by atoms with Gasteiger partial charge in [-0.15, -0.1) is 0 Å². The number of ether oxygens (including phenoxy) is 2. The molecular formula is C31H35N5O4S. The van der Waals surface area contributed by atoms with Crippen molar-refractivity contribution in [1.82, 2.24) is 20.3 Å². The normalized spacial score (nSPS) is 19.3. The van der Waals surface area contributed by atoms with Crippen molar-refractivity contribution in [3.63, 3.8) is 0 Å². The van der Waals surface area contributed by atoms with E-state index in [1.165, 1.54) is 0 Å². The third kappa shape index (κ3) is 6.50. The van der Waals surface area contributed by atoms with Crippen LogP contribution in [0.25, 0.3) is 22.0 Å². The first-order chi connectivity index (χ1) is 19.9. The van der Waals surface area contributed by atoms with Crippen LogP contribution in [0, 0.1) is 6.92 Å². The Kier molecular flexibility index (Phi) is 8.13. The molecule has 2 aliphatic heterocycles. The van der Waals surface area contributed by atoms with Gasteiger partial charge in [-0.05, 0) is 73.9 Å². The summed E-state index contributed by atoms with van der Waals surface area (Å²) in [5.41, 5.74) is 3.11. The van der Waals surface area contributed by atoms with Gasteiger partial charge in [-0.25, -0.2) is 23.4 Å². The van der Waals surface area contributed by atoms with E-state index in [4.69, 9.17) is 14.5 Å². The van der Waals surface area contributed by atoms with Gasteiger partial charge in [0.15, 0.2) is 9.84 Å². The molecule has 0 aliphatic carbocycles. The SMILES string of the molecule is Cc1ccc2c(CS(=O)(=O)CC3CCCO3)cccc2c1Oc1ncccc1-c1ccnc(N[C@H]2CCCNC2)n1. The first kappa shape index (κ1) is 27.6. The Morgan fingerprint density at radius 2 is 1.95 bits per heavy atom. The number of benzene rings is 2. The molecular weight excluding hydrogens is 538 g/mol. The van der Waals surface area contributed by atoms with Crippen LogP contribution in [0.15, 0.2) is 60.9 Å². The number of nitrogens with zero attached hydrogens (tertiary/aromatic N) is 3. The highest BCUT2D eigenvalue weighted by molar-refractivity contribution is 7.90. The van der Waals surface area contributed by atoms with Crippen LogP contribution in [0.5, 0.6) is 11.6 Å². The summed E-state index contributed by atoms with van der Waals surface area (Å²) in [6.07, 6.45) is 7.11. The van der Waals surface area contributed by atoms with Crippen molar-refractivity contribution in [2.24, 2.45) is 0 Å². The van der Waals surface area contributed by atoms with E-state index in [0.29, 0.717) is 29.9 Å². The van der Waals surface area contributed by atoms with Crippen molar-refractivity contribution < 1.29 is 17.9 Å². The Balaban J connectivity index is 1.29. The second-order valence-corrected chi connectivity index (χ2v) is 12.9. The molecule has 4 heterocycles. The number of sulfone groups is 1. The lowest BCUT2D eigenvalue weighted by atomic mass is 10.0. The van der Waals surface area contributed by atoms with E-state index in [0.717, 1.165) is 66.2 Å². The molecule has 2 aromatic heterocycles. The number of nitrogens with one attached hydrogen (secondary N) is 2. The molecule has 2 saturated heterocycles. The van der Waals surface area contributed by atoms with E-state index >= 15 is 0 Å². The number of hydrogen-bond donors (Lipinski definition) is 2. The molecule has 6 rings (SSSR count). The number of fused-ring (bicyclic) bond motifs is 1. The minimum Gasteiger partial charge on any atom is -0.437 e. The van der Waals surface area contributed by atoms with E-state index in [1.54, 1.807) is 12.4 Å². The van der Waals surface area contributed by atoms with E-state index in [-0.39, 0.29) is 23.7 Å². The van der Waals surface area contributed by atoms with Crippen LogP contribution in [0.4, 0.5) is 5.95 Å². The lowest BCUT2D eigenvalue weighted by molar-refractivity contribution is 0.127. The summed E-state index contributed by atoms with van der Waals surface area (Å²) < 4.78 is 38.2. The molecule has 0 bridgehead atoms. The molecule has 2 atom stereocenters. The molecule has 9 nitrogen and oxygen atoms in total. The summed E-state index contributed by atoms with van der Waals surface area (Å²) in [5, 5.41) is 8.52. The molecule has 214 valence electrons. The highest BCUT2D eigenvalue weighted by Crippen LogP contribution is 2.38. The van der Waals surface area contributed by atoms with Crippen molar-refractivity contribution in [2.45, 2.75) is 50.5 Å². The fraction of sp³-hybridized carbons (Fsp3) is 0.387. The molecule has 10 heteroatoms. The van der Waals surface area contributed by atoms with Crippen LogP contribution in [0.2, 0.25) is 0 Å². The quantitative estimate of drug-likeness (QED) is 0.284. The number of piperidine rings is 1. The third-order valence-corrected chi connectivity index (χ3v) is 9.30. The molecule has 1 unspecified atom stereocenters. The molecule has 2 aromatic carbocycles. The molecule has 2 fully saturated rings. The topological polar surface area (TPSA) is 115 Å². The highest BCUT2D eigenvalue weighted by atomic mass is 32.2. The molecule has 0 saturated carbocycles. The van der Waals surface area contributed by atoms with Crippen molar-refractivity contribution in [1.29, 1.82) is 0 Å². The minimum atomic E-state index is -3.35. The predicted octanol–water partition coefficient (Wildman–Crippen LogP) is 5.05. The van der Waals surface area contributed by atoms with Gasteiger partial charge in [0, 0.05) is 37.0 Å². The van der Waals surface area contributed by atoms with E-state index in [9.17, 15) is 8.42 Å². The predicted molar refractivity (Wildman–Crippen MR) is 160 cm³/mol. The fourth-order valence-electron chi connectivity index (χ4n) is 5.62.